The Hall–Kier alpha value is -3.06. The fourth-order valence-corrected chi connectivity index (χ4v) is 2.48. The molecule has 0 radical (unpaired) electrons. The summed E-state index contributed by atoms with van der Waals surface area (Å²) in [6, 6.07) is 13.9. The van der Waals surface area contributed by atoms with Crippen LogP contribution in [-0.2, 0) is 14.3 Å². The Morgan fingerprint density at radius 2 is 1.70 bits per heavy atom. The molecule has 2 aromatic carbocycles. The average molecular weight is 390 g/mol. The Bertz CT molecular complexity index is 796. The minimum absolute atomic E-state index is 0.187. The van der Waals surface area contributed by atoms with E-state index < -0.39 is 30.1 Å². The fraction of sp³-hybridized carbons (Fsp3) is 0.211. The van der Waals surface area contributed by atoms with Crippen molar-refractivity contribution in [3.05, 3.63) is 65.2 Å². The Kier molecular flexibility index (Phi) is 7.19. The zero-order chi connectivity index (χ0) is 19.8. The van der Waals surface area contributed by atoms with Crippen LogP contribution in [0.3, 0.4) is 0 Å². The number of ether oxygens (including phenoxy) is 1. The van der Waals surface area contributed by atoms with Gasteiger partial charge >= 0.3 is 12.0 Å². The zero-order valence-electron chi connectivity index (χ0n) is 14.6. The van der Waals surface area contributed by atoms with E-state index in [1.807, 2.05) is 6.07 Å². The molecule has 27 heavy (non-hydrogen) atoms. The number of halogens is 1. The van der Waals surface area contributed by atoms with Crippen LogP contribution >= 0.6 is 11.6 Å². The lowest BCUT2D eigenvalue weighted by Gasteiger charge is -2.19. The second kappa shape index (κ2) is 9.59. The lowest BCUT2D eigenvalue weighted by atomic mass is 10.0. The number of anilines is 1. The van der Waals surface area contributed by atoms with Gasteiger partial charge < -0.3 is 21.1 Å². The number of esters is 1. The molecule has 0 fully saturated rings. The van der Waals surface area contributed by atoms with Crippen LogP contribution in [0.25, 0.3) is 0 Å². The summed E-state index contributed by atoms with van der Waals surface area (Å²) in [5.74, 6) is -1.11. The number of nitrogens with one attached hydrogen (secondary N) is 2. The van der Waals surface area contributed by atoms with Crippen molar-refractivity contribution in [1.29, 1.82) is 0 Å². The number of hydrogen-bond acceptors (Lipinski definition) is 4. The molecule has 0 spiro atoms. The standard InChI is InChI=1S/C19H20ClN3O4/c1-12(18(25)22-15-5-3-2-4-6-15)27-17(24)11-16(23-19(21)26)13-7-9-14(20)10-8-13/h2-10,12,16H,11H2,1H3,(H,22,25)(H3,21,23,26)/t12-,16+/m0/s1. The molecular formula is C19H20ClN3O4. The molecule has 4 N–H and O–H groups in total. The number of rotatable bonds is 7. The van der Waals surface area contributed by atoms with Gasteiger partial charge in [0.05, 0.1) is 12.5 Å². The van der Waals surface area contributed by atoms with E-state index in [9.17, 15) is 14.4 Å². The second-order valence-electron chi connectivity index (χ2n) is 5.80. The lowest BCUT2D eigenvalue weighted by molar-refractivity contribution is -0.153. The van der Waals surface area contributed by atoms with Gasteiger partial charge in [-0.05, 0) is 36.8 Å². The molecule has 0 saturated heterocycles. The van der Waals surface area contributed by atoms with Crippen LogP contribution in [0.1, 0.15) is 24.9 Å². The summed E-state index contributed by atoms with van der Waals surface area (Å²) in [7, 11) is 0. The predicted octanol–water partition coefficient (Wildman–Crippen LogP) is 3.01. The maximum absolute atomic E-state index is 12.2. The predicted molar refractivity (Wildman–Crippen MR) is 102 cm³/mol. The molecule has 3 amide bonds. The normalized spacial score (nSPS) is 12.5. The number of para-hydroxylation sites is 1. The Balaban J connectivity index is 1.96. The van der Waals surface area contributed by atoms with Crippen LogP contribution in [0.2, 0.25) is 5.02 Å². The number of carbonyl (C=O) groups excluding carboxylic acids is 3. The first-order valence-corrected chi connectivity index (χ1v) is 8.60. The number of carbonyl (C=O) groups is 3. The molecule has 0 aliphatic rings. The third kappa shape index (κ3) is 6.63. The van der Waals surface area contributed by atoms with Gasteiger partial charge in [0.25, 0.3) is 5.91 Å². The second-order valence-corrected chi connectivity index (χ2v) is 6.24. The summed E-state index contributed by atoms with van der Waals surface area (Å²) in [4.78, 5) is 35.6. The molecular weight excluding hydrogens is 370 g/mol. The summed E-state index contributed by atoms with van der Waals surface area (Å²) >= 11 is 5.85. The smallest absolute Gasteiger partial charge is 0.312 e. The summed E-state index contributed by atoms with van der Waals surface area (Å²) < 4.78 is 5.17. The number of nitrogens with two attached hydrogens (primary N) is 1. The van der Waals surface area contributed by atoms with E-state index in [0.717, 1.165) is 0 Å². The van der Waals surface area contributed by atoms with Gasteiger partial charge in [-0.2, -0.15) is 0 Å². The van der Waals surface area contributed by atoms with Crippen LogP contribution in [0.15, 0.2) is 54.6 Å². The van der Waals surface area contributed by atoms with E-state index >= 15 is 0 Å². The third-order valence-electron chi connectivity index (χ3n) is 3.68. The van der Waals surface area contributed by atoms with Crippen molar-refractivity contribution >= 4 is 35.2 Å². The van der Waals surface area contributed by atoms with E-state index in [0.29, 0.717) is 16.3 Å². The monoisotopic (exact) mass is 389 g/mol. The van der Waals surface area contributed by atoms with Crippen LogP contribution < -0.4 is 16.4 Å². The molecule has 2 aromatic rings. The molecule has 0 aliphatic carbocycles. The van der Waals surface area contributed by atoms with Gasteiger partial charge in [0.2, 0.25) is 0 Å². The average Bonchev–Trinajstić information content (AvgIpc) is 2.62. The number of amides is 3. The van der Waals surface area contributed by atoms with E-state index in [2.05, 4.69) is 10.6 Å². The van der Waals surface area contributed by atoms with Crippen molar-refractivity contribution in [1.82, 2.24) is 5.32 Å². The molecule has 0 heterocycles. The van der Waals surface area contributed by atoms with E-state index in [1.54, 1.807) is 48.5 Å². The molecule has 142 valence electrons. The van der Waals surface area contributed by atoms with Gasteiger partial charge in [-0.3, -0.25) is 9.59 Å². The Morgan fingerprint density at radius 3 is 2.30 bits per heavy atom. The molecule has 0 bridgehead atoms. The molecule has 0 aliphatic heterocycles. The van der Waals surface area contributed by atoms with Gasteiger partial charge in [-0.15, -0.1) is 0 Å². The highest BCUT2D eigenvalue weighted by molar-refractivity contribution is 6.30. The minimum Gasteiger partial charge on any atom is -0.452 e. The van der Waals surface area contributed by atoms with Crippen LogP contribution in [0.4, 0.5) is 10.5 Å². The van der Waals surface area contributed by atoms with Crippen LogP contribution in [0, 0.1) is 0 Å². The molecule has 0 aromatic heterocycles. The van der Waals surface area contributed by atoms with Gasteiger partial charge in [0, 0.05) is 10.7 Å². The van der Waals surface area contributed by atoms with Crippen molar-refractivity contribution in [3.63, 3.8) is 0 Å². The molecule has 8 heteroatoms. The highest BCUT2D eigenvalue weighted by Crippen LogP contribution is 2.20. The highest BCUT2D eigenvalue weighted by atomic mass is 35.5. The van der Waals surface area contributed by atoms with Crippen molar-refractivity contribution in [2.75, 3.05) is 5.32 Å². The Labute approximate surface area is 161 Å². The van der Waals surface area contributed by atoms with Crippen LogP contribution in [-0.4, -0.2) is 24.0 Å². The maximum atomic E-state index is 12.2. The highest BCUT2D eigenvalue weighted by Gasteiger charge is 2.22. The zero-order valence-corrected chi connectivity index (χ0v) is 15.4. The van der Waals surface area contributed by atoms with E-state index in [1.165, 1.54) is 6.92 Å². The third-order valence-corrected chi connectivity index (χ3v) is 3.93. The number of benzene rings is 2. The van der Waals surface area contributed by atoms with Gasteiger partial charge in [0.1, 0.15) is 0 Å². The molecule has 2 rings (SSSR count). The van der Waals surface area contributed by atoms with Crippen molar-refractivity contribution < 1.29 is 19.1 Å². The summed E-state index contributed by atoms with van der Waals surface area (Å²) in [5.41, 5.74) is 6.41. The van der Waals surface area contributed by atoms with E-state index in [-0.39, 0.29) is 6.42 Å². The van der Waals surface area contributed by atoms with Gasteiger partial charge in [-0.1, -0.05) is 41.9 Å². The van der Waals surface area contributed by atoms with Crippen LogP contribution in [0.5, 0.6) is 0 Å². The van der Waals surface area contributed by atoms with Gasteiger partial charge in [-0.25, -0.2) is 4.79 Å². The maximum Gasteiger partial charge on any atom is 0.312 e. The minimum atomic E-state index is -1.00. The van der Waals surface area contributed by atoms with E-state index in [4.69, 9.17) is 22.1 Å². The van der Waals surface area contributed by atoms with Crippen molar-refractivity contribution in [2.45, 2.75) is 25.5 Å². The quantitative estimate of drug-likeness (QED) is 0.632. The fourth-order valence-electron chi connectivity index (χ4n) is 2.35. The molecule has 2 atom stereocenters. The number of urea groups is 1. The summed E-state index contributed by atoms with van der Waals surface area (Å²) in [6.07, 6.45) is -1.19. The molecule has 7 nitrogen and oxygen atoms in total. The molecule has 0 unspecified atom stereocenters. The first kappa shape index (κ1) is 20.3. The first-order valence-electron chi connectivity index (χ1n) is 8.22. The van der Waals surface area contributed by atoms with Gasteiger partial charge in [0.15, 0.2) is 6.10 Å². The first-order chi connectivity index (χ1) is 12.8. The number of hydrogen-bond donors (Lipinski definition) is 3. The largest absolute Gasteiger partial charge is 0.452 e. The number of primary amides is 1. The molecule has 0 saturated carbocycles. The Morgan fingerprint density at radius 1 is 1.07 bits per heavy atom. The SMILES string of the molecule is C[C@H](OC(=O)C[C@@H](NC(N)=O)c1ccc(Cl)cc1)C(=O)Nc1ccccc1. The lowest BCUT2D eigenvalue weighted by Crippen LogP contribution is -2.36. The summed E-state index contributed by atoms with van der Waals surface area (Å²) in [6.45, 7) is 1.47. The summed E-state index contributed by atoms with van der Waals surface area (Å²) in [5, 5.41) is 5.65. The topological polar surface area (TPSA) is 111 Å². The van der Waals surface area contributed by atoms with Crippen molar-refractivity contribution in [2.24, 2.45) is 5.73 Å². The van der Waals surface area contributed by atoms with Crippen molar-refractivity contribution in [3.8, 4) is 0 Å².